The number of hydrogen-bond donors (Lipinski definition) is 2. The number of halogens is 2. The van der Waals surface area contributed by atoms with Gasteiger partial charge in [0, 0.05) is 23.5 Å². The maximum Gasteiger partial charge on any atom is 0.264 e. The predicted molar refractivity (Wildman–Crippen MR) is 74.3 cm³/mol. The van der Waals surface area contributed by atoms with Crippen LogP contribution < -0.4 is 5.32 Å². The number of H-pyrrole nitrogens is 1. The van der Waals surface area contributed by atoms with Gasteiger partial charge in [0.2, 0.25) is 0 Å². The molecule has 0 unspecified atom stereocenters. The predicted octanol–water partition coefficient (Wildman–Crippen LogP) is 3.55. The van der Waals surface area contributed by atoms with E-state index in [2.05, 4.69) is 25.5 Å². The Balaban J connectivity index is 1.85. The number of nitrogens with zero attached hydrogens (tertiary/aromatic N) is 3. The van der Waals surface area contributed by atoms with Gasteiger partial charge < -0.3 is 5.32 Å². The molecule has 0 spiro atoms. The number of aromatic nitrogens is 4. The summed E-state index contributed by atoms with van der Waals surface area (Å²) in [5.74, 6) is 0.845. The Bertz CT molecular complexity index is 728. The van der Waals surface area contributed by atoms with Crippen molar-refractivity contribution in [1.82, 2.24) is 20.2 Å². The Labute approximate surface area is 119 Å². The summed E-state index contributed by atoms with van der Waals surface area (Å²) in [4.78, 5) is 8.39. The molecule has 0 aliphatic carbocycles. The number of anilines is 2. The van der Waals surface area contributed by atoms with Crippen molar-refractivity contribution >= 4 is 11.6 Å². The van der Waals surface area contributed by atoms with E-state index in [1.54, 1.807) is 18.5 Å². The van der Waals surface area contributed by atoms with Gasteiger partial charge in [-0.05, 0) is 24.3 Å². The zero-order valence-corrected chi connectivity index (χ0v) is 10.8. The average Bonchev–Trinajstić information content (AvgIpc) is 3.02. The van der Waals surface area contributed by atoms with Gasteiger partial charge in [-0.25, -0.2) is 18.7 Å². The van der Waals surface area contributed by atoms with Crippen molar-refractivity contribution in [2.75, 3.05) is 5.32 Å². The molecular formula is C14H11F2N5. The minimum Gasteiger partial charge on any atom is -0.325 e. The number of aromatic amines is 1. The molecule has 0 atom stereocenters. The summed E-state index contributed by atoms with van der Waals surface area (Å²) in [5, 5.41) is 9.49. The quantitative estimate of drug-likeness (QED) is 0.770. The number of nitrogens with one attached hydrogen (secondary N) is 2. The monoisotopic (exact) mass is 287 g/mol. The average molecular weight is 287 g/mol. The first kappa shape index (κ1) is 13.2. The number of rotatable bonds is 4. The molecule has 21 heavy (non-hydrogen) atoms. The van der Waals surface area contributed by atoms with E-state index in [-0.39, 0.29) is 5.56 Å². The normalized spacial score (nSPS) is 10.8. The fourth-order valence-corrected chi connectivity index (χ4v) is 1.84. The number of hydrogen-bond acceptors (Lipinski definition) is 4. The first-order valence-electron chi connectivity index (χ1n) is 6.20. The molecule has 7 heteroatoms. The van der Waals surface area contributed by atoms with Crippen LogP contribution in [0.5, 0.6) is 0 Å². The van der Waals surface area contributed by atoms with Crippen molar-refractivity contribution in [3.05, 3.63) is 54.5 Å². The first-order valence-corrected chi connectivity index (χ1v) is 6.20. The Morgan fingerprint density at radius 2 is 2.05 bits per heavy atom. The van der Waals surface area contributed by atoms with Gasteiger partial charge in [0.05, 0.1) is 11.9 Å². The molecule has 0 aliphatic heterocycles. The van der Waals surface area contributed by atoms with E-state index in [1.807, 2.05) is 12.1 Å². The maximum atomic E-state index is 12.7. The molecule has 3 aromatic rings. The molecule has 5 nitrogen and oxygen atoms in total. The van der Waals surface area contributed by atoms with E-state index < -0.39 is 6.43 Å². The lowest BCUT2D eigenvalue weighted by atomic mass is 10.2. The highest BCUT2D eigenvalue weighted by Gasteiger charge is 2.08. The standard InChI is InChI=1S/C14H11F2N5/c15-14(16)9-4-5-17-13(6-9)21-12-3-1-2-11(20-12)10-7-18-19-8-10/h1-8,14H,(H,18,19)(H,17,20,21). The molecule has 0 fully saturated rings. The third-order valence-electron chi connectivity index (χ3n) is 2.84. The second kappa shape index (κ2) is 5.66. The minimum absolute atomic E-state index is 0.0847. The molecular weight excluding hydrogens is 276 g/mol. The number of alkyl halides is 2. The topological polar surface area (TPSA) is 66.5 Å². The van der Waals surface area contributed by atoms with E-state index >= 15 is 0 Å². The highest BCUT2D eigenvalue weighted by Crippen LogP contribution is 2.23. The van der Waals surface area contributed by atoms with E-state index in [9.17, 15) is 8.78 Å². The summed E-state index contributed by atoms with van der Waals surface area (Å²) in [6, 6.07) is 7.97. The molecule has 3 rings (SSSR count). The fraction of sp³-hybridized carbons (Fsp3) is 0.0714. The zero-order chi connectivity index (χ0) is 14.7. The van der Waals surface area contributed by atoms with Crippen molar-refractivity contribution in [2.24, 2.45) is 0 Å². The van der Waals surface area contributed by atoms with E-state index in [0.29, 0.717) is 11.6 Å². The van der Waals surface area contributed by atoms with Gasteiger partial charge in [0.15, 0.2) is 0 Å². The molecule has 2 N–H and O–H groups in total. The van der Waals surface area contributed by atoms with E-state index in [0.717, 1.165) is 11.3 Å². The molecule has 0 bridgehead atoms. The molecule has 0 radical (unpaired) electrons. The highest BCUT2D eigenvalue weighted by molar-refractivity contribution is 5.61. The van der Waals surface area contributed by atoms with Crippen LogP contribution in [0.25, 0.3) is 11.3 Å². The maximum absolute atomic E-state index is 12.7. The molecule has 3 heterocycles. The Morgan fingerprint density at radius 1 is 1.14 bits per heavy atom. The molecule has 3 aromatic heterocycles. The van der Waals surface area contributed by atoms with Crippen molar-refractivity contribution in [3.8, 4) is 11.3 Å². The summed E-state index contributed by atoms with van der Waals surface area (Å²) in [5.41, 5.74) is 1.48. The first-order chi connectivity index (χ1) is 10.2. The van der Waals surface area contributed by atoms with Crippen LogP contribution in [0.2, 0.25) is 0 Å². The van der Waals surface area contributed by atoms with Gasteiger partial charge in [-0.15, -0.1) is 0 Å². The summed E-state index contributed by atoms with van der Waals surface area (Å²) in [6.07, 6.45) is 2.19. The van der Waals surface area contributed by atoms with Crippen LogP contribution in [-0.2, 0) is 0 Å². The van der Waals surface area contributed by atoms with E-state index in [4.69, 9.17) is 0 Å². The van der Waals surface area contributed by atoms with Crippen LogP contribution in [-0.4, -0.2) is 20.2 Å². The Hall–Kier alpha value is -2.83. The second-order valence-corrected chi connectivity index (χ2v) is 4.30. The molecule has 106 valence electrons. The van der Waals surface area contributed by atoms with Crippen LogP contribution >= 0.6 is 0 Å². The van der Waals surface area contributed by atoms with Crippen LogP contribution in [0, 0.1) is 0 Å². The van der Waals surface area contributed by atoms with Gasteiger partial charge >= 0.3 is 0 Å². The highest BCUT2D eigenvalue weighted by atomic mass is 19.3. The molecule has 0 saturated carbocycles. The van der Waals surface area contributed by atoms with Gasteiger partial charge in [-0.3, -0.25) is 5.10 Å². The third-order valence-corrected chi connectivity index (χ3v) is 2.84. The largest absolute Gasteiger partial charge is 0.325 e. The lowest BCUT2D eigenvalue weighted by Gasteiger charge is -2.07. The van der Waals surface area contributed by atoms with Gasteiger partial charge in [-0.1, -0.05) is 6.07 Å². The SMILES string of the molecule is FC(F)c1ccnc(Nc2cccc(-c3cn[nH]c3)n2)c1. The number of pyridine rings is 2. The molecule has 0 aromatic carbocycles. The van der Waals surface area contributed by atoms with Gasteiger partial charge in [0.1, 0.15) is 11.6 Å². The Kier molecular flexibility index (Phi) is 3.55. The van der Waals surface area contributed by atoms with Crippen LogP contribution in [0.3, 0.4) is 0 Å². The van der Waals surface area contributed by atoms with Crippen LogP contribution in [0.1, 0.15) is 12.0 Å². The van der Waals surface area contributed by atoms with Crippen molar-refractivity contribution in [3.63, 3.8) is 0 Å². The summed E-state index contributed by atoms with van der Waals surface area (Å²) < 4.78 is 25.3. The Morgan fingerprint density at radius 3 is 2.81 bits per heavy atom. The third kappa shape index (κ3) is 3.02. The molecule has 0 amide bonds. The van der Waals surface area contributed by atoms with Gasteiger partial charge in [-0.2, -0.15) is 5.10 Å². The second-order valence-electron chi connectivity index (χ2n) is 4.30. The van der Waals surface area contributed by atoms with Crippen molar-refractivity contribution in [2.45, 2.75) is 6.43 Å². The van der Waals surface area contributed by atoms with E-state index in [1.165, 1.54) is 18.3 Å². The summed E-state index contributed by atoms with van der Waals surface area (Å²) in [6.45, 7) is 0. The summed E-state index contributed by atoms with van der Waals surface area (Å²) in [7, 11) is 0. The molecule has 0 aliphatic rings. The zero-order valence-electron chi connectivity index (χ0n) is 10.8. The minimum atomic E-state index is -2.53. The van der Waals surface area contributed by atoms with Gasteiger partial charge in [0.25, 0.3) is 6.43 Å². The summed E-state index contributed by atoms with van der Waals surface area (Å²) >= 11 is 0. The van der Waals surface area contributed by atoms with Crippen LogP contribution in [0.15, 0.2) is 48.9 Å². The lowest BCUT2D eigenvalue weighted by molar-refractivity contribution is 0.151. The lowest BCUT2D eigenvalue weighted by Crippen LogP contribution is -1.98. The smallest absolute Gasteiger partial charge is 0.264 e. The van der Waals surface area contributed by atoms with Crippen LogP contribution in [0.4, 0.5) is 20.4 Å². The molecule has 0 saturated heterocycles. The fourth-order valence-electron chi connectivity index (χ4n) is 1.84. The van der Waals surface area contributed by atoms with Crippen molar-refractivity contribution in [1.29, 1.82) is 0 Å². The van der Waals surface area contributed by atoms with Crippen molar-refractivity contribution < 1.29 is 8.78 Å².